The van der Waals surface area contributed by atoms with Gasteiger partial charge in [0.25, 0.3) is 5.92 Å². The summed E-state index contributed by atoms with van der Waals surface area (Å²) in [7, 11) is 0. The smallest absolute Gasteiger partial charge is 0.337 e. The van der Waals surface area contributed by atoms with Crippen molar-refractivity contribution in [2.75, 3.05) is 23.3 Å². The van der Waals surface area contributed by atoms with Gasteiger partial charge in [-0.1, -0.05) is 18.2 Å². The molecule has 176 valence electrons. The van der Waals surface area contributed by atoms with Gasteiger partial charge in [0.2, 0.25) is 0 Å². The number of aryl methyl sites for hydroxylation is 1. The molecule has 1 aliphatic rings. The molecule has 0 amide bonds. The summed E-state index contributed by atoms with van der Waals surface area (Å²) in [5.74, 6) is -3.62. The van der Waals surface area contributed by atoms with Crippen molar-refractivity contribution < 1.29 is 18.7 Å². The molecule has 0 radical (unpaired) electrons. The van der Waals surface area contributed by atoms with Crippen LogP contribution in [0.25, 0.3) is 16.4 Å². The van der Waals surface area contributed by atoms with E-state index in [0.29, 0.717) is 5.69 Å². The fourth-order valence-electron chi connectivity index (χ4n) is 4.83. The topological polar surface area (TPSA) is 69.9 Å². The van der Waals surface area contributed by atoms with Crippen molar-refractivity contribution in [3.05, 3.63) is 71.4 Å². The van der Waals surface area contributed by atoms with E-state index in [4.69, 9.17) is 0 Å². The lowest BCUT2D eigenvalue weighted by Crippen LogP contribution is -2.39. The number of carbonyl (C=O) groups is 1. The van der Waals surface area contributed by atoms with Crippen LogP contribution in [0, 0.1) is 6.92 Å². The van der Waals surface area contributed by atoms with Crippen LogP contribution in [0.2, 0.25) is 0 Å². The van der Waals surface area contributed by atoms with Gasteiger partial charge in [-0.15, -0.1) is 0 Å². The SMILES string of the molecule is Cc1cc([C@@H](C)Nc2ccccc2C(=O)O)c2cc(N3CCC(F)(F)CC3)c3ccnn3c2c1. The summed E-state index contributed by atoms with van der Waals surface area (Å²) >= 11 is 0. The molecule has 4 aromatic rings. The molecule has 0 aliphatic carbocycles. The highest BCUT2D eigenvalue weighted by Crippen LogP contribution is 2.37. The number of nitrogens with one attached hydrogen (secondary N) is 1. The number of nitrogens with zero attached hydrogens (tertiary/aromatic N) is 3. The molecule has 1 saturated heterocycles. The minimum absolute atomic E-state index is 0.171. The fraction of sp³-hybridized carbons (Fsp3) is 0.308. The van der Waals surface area contributed by atoms with E-state index in [1.807, 2.05) is 29.3 Å². The molecule has 2 N–H and O–H groups in total. The molecule has 1 aliphatic heterocycles. The Kier molecular flexibility index (Phi) is 5.38. The number of carboxylic acids is 1. The summed E-state index contributed by atoms with van der Waals surface area (Å²) in [5.41, 5.74) is 5.45. The van der Waals surface area contributed by atoms with E-state index < -0.39 is 11.9 Å². The summed E-state index contributed by atoms with van der Waals surface area (Å²) in [5, 5.41) is 18.4. The van der Waals surface area contributed by atoms with E-state index in [0.717, 1.165) is 33.2 Å². The van der Waals surface area contributed by atoms with Crippen LogP contribution < -0.4 is 10.2 Å². The van der Waals surface area contributed by atoms with Crippen LogP contribution >= 0.6 is 0 Å². The predicted molar refractivity (Wildman–Crippen MR) is 129 cm³/mol. The second kappa shape index (κ2) is 8.27. The summed E-state index contributed by atoms with van der Waals surface area (Å²) in [6.07, 6.45) is 1.38. The average molecular weight is 465 g/mol. The van der Waals surface area contributed by atoms with E-state index in [-0.39, 0.29) is 37.5 Å². The molecule has 3 heterocycles. The van der Waals surface area contributed by atoms with Crippen molar-refractivity contribution in [2.24, 2.45) is 0 Å². The number of alkyl halides is 2. The van der Waals surface area contributed by atoms with Crippen molar-refractivity contribution >= 4 is 33.8 Å². The van der Waals surface area contributed by atoms with Crippen LogP contribution in [0.3, 0.4) is 0 Å². The summed E-state index contributed by atoms with van der Waals surface area (Å²) in [6.45, 7) is 4.55. The number of pyridine rings is 1. The van der Waals surface area contributed by atoms with Crippen molar-refractivity contribution in [3.63, 3.8) is 0 Å². The lowest BCUT2D eigenvalue weighted by molar-refractivity contribution is -0.0220. The third kappa shape index (κ3) is 3.93. The zero-order valence-electron chi connectivity index (χ0n) is 19.1. The number of fused-ring (bicyclic) bond motifs is 3. The van der Waals surface area contributed by atoms with Gasteiger partial charge in [-0.2, -0.15) is 5.10 Å². The molecule has 2 aromatic carbocycles. The molecular formula is C26H26F2N4O2. The van der Waals surface area contributed by atoms with Crippen LogP contribution in [-0.4, -0.2) is 39.7 Å². The first-order valence-corrected chi connectivity index (χ1v) is 11.4. The Labute approximate surface area is 195 Å². The van der Waals surface area contributed by atoms with E-state index in [1.54, 1.807) is 30.5 Å². The Bertz CT molecular complexity index is 1390. The first-order valence-electron chi connectivity index (χ1n) is 11.4. The Balaban J connectivity index is 1.62. The van der Waals surface area contributed by atoms with Gasteiger partial charge < -0.3 is 15.3 Å². The first-order chi connectivity index (χ1) is 16.2. The Morgan fingerprint density at radius 1 is 1.12 bits per heavy atom. The molecule has 0 unspecified atom stereocenters. The molecule has 6 nitrogen and oxygen atoms in total. The number of anilines is 2. The van der Waals surface area contributed by atoms with E-state index in [1.165, 1.54) is 0 Å². The van der Waals surface area contributed by atoms with Gasteiger partial charge in [0.1, 0.15) is 0 Å². The highest BCUT2D eigenvalue weighted by molar-refractivity contribution is 5.95. The highest BCUT2D eigenvalue weighted by atomic mass is 19.3. The maximum atomic E-state index is 13.8. The number of halogens is 2. The number of piperidine rings is 1. The van der Waals surface area contributed by atoms with Crippen LogP contribution in [-0.2, 0) is 0 Å². The van der Waals surface area contributed by atoms with Crippen molar-refractivity contribution in [1.29, 1.82) is 0 Å². The molecule has 34 heavy (non-hydrogen) atoms. The number of para-hydroxylation sites is 1. The minimum Gasteiger partial charge on any atom is -0.478 e. The third-order valence-electron chi connectivity index (χ3n) is 6.58. The number of hydrogen-bond acceptors (Lipinski definition) is 4. The van der Waals surface area contributed by atoms with Gasteiger partial charge in [-0.25, -0.2) is 18.1 Å². The van der Waals surface area contributed by atoms with Gasteiger partial charge in [0.05, 0.1) is 28.5 Å². The minimum atomic E-state index is -2.62. The second-order valence-corrected chi connectivity index (χ2v) is 9.00. The molecule has 0 spiro atoms. The Morgan fingerprint density at radius 3 is 2.59 bits per heavy atom. The second-order valence-electron chi connectivity index (χ2n) is 9.00. The van der Waals surface area contributed by atoms with Crippen LogP contribution in [0.15, 0.2) is 54.7 Å². The lowest BCUT2D eigenvalue weighted by Gasteiger charge is -2.34. The molecule has 2 aromatic heterocycles. The molecule has 1 fully saturated rings. The molecule has 0 saturated carbocycles. The van der Waals surface area contributed by atoms with Crippen LogP contribution in [0.5, 0.6) is 0 Å². The van der Waals surface area contributed by atoms with Crippen LogP contribution in [0.4, 0.5) is 20.2 Å². The van der Waals surface area contributed by atoms with Gasteiger partial charge in [0, 0.05) is 43.0 Å². The monoisotopic (exact) mass is 464 g/mol. The Morgan fingerprint density at radius 2 is 1.85 bits per heavy atom. The number of benzene rings is 2. The molecule has 8 heteroatoms. The zero-order valence-corrected chi connectivity index (χ0v) is 19.1. The fourth-order valence-corrected chi connectivity index (χ4v) is 4.83. The zero-order chi connectivity index (χ0) is 24.0. The van der Waals surface area contributed by atoms with E-state index >= 15 is 0 Å². The predicted octanol–water partition coefficient (Wildman–Crippen LogP) is 5.90. The normalized spacial score (nSPS) is 16.6. The van der Waals surface area contributed by atoms with Gasteiger partial charge in [-0.3, -0.25) is 0 Å². The molecular weight excluding hydrogens is 438 g/mol. The maximum absolute atomic E-state index is 13.8. The number of hydrogen-bond donors (Lipinski definition) is 2. The third-order valence-corrected chi connectivity index (χ3v) is 6.58. The van der Waals surface area contributed by atoms with Crippen molar-refractivity contribution in [2.45, 2.75) is 38.7 Å². The Hall–Kier alpha value is -3.68. The number of rotatable bonds is 5. The van der Waals surface area contributed by atoms with Crippen LogP contribution in [0.1, 0.15) is 47.3 Å². The largest absolute Gasteiger partial charge is 0.478 e. The molecule has 0 bridgehead atoms. The quantitative estimate of drug-likeness (QED) is 0.385. The van der Waals surface area contributed by atoms with E-state index in [2.05, 4.69) is 28.6 Å². The van der Waals surface area contributed by atoms with Gasteiger partial charge in [-0.05, 0) is 55.3 Å². The molecule has 1 atom stereocenters. The number of carboxylic acid groups (broad SMARTS) is 1. The summed E-state index contributed by atoms with van der Waals surface area (Å²) in [4.78, 5) is 13.7. The number of aromatic nitrogens is 2. The maximum Gasteiger partial charge on any atom is 0.337 e. The summed E-state index contributed by atoms with van der Waals surface area (Å²) in [6, 6.07) is 14.7. The average Bonchev–Trinajstić information content (AvgIpc) is 3.29. The van der Waals surface area contributed by atoms with Gasteiger partial charge >= 0.3 is 5.97 Å². The van der Waals surface area contributed by atoms with Crippen molar-refractivity contribution in [3.8, 4) is 0 Å². The van der Waals surface area contributed by atoms with Crippen molar-refractivity contribution in [1.82, 2.24) is 9.61 Å². The van der Waals surface area contributed by atoms with Gasteiger partial charge in [0.15, 0.2) is 0 Å². The lowest BCUT2D eigenvalue weighted by atomic mass is 9.97. The first kappa shape index (κ1) is 22.1. The highest BCUT2D eigenvalue weighted by Gasteiger charge is 2.34. The standard InChI is InChI=1S/C26H26F2N4O2/c1-16-13-19(17(2)30-21-6-4-3-5-18(21)25(33)34)20-15-24(31-11-8-26(27,28)9-12-31)22-7-10-29-32(22)23(20)14-16/h3-7,10,13-15,17,30H,8-9,11-12H2,1-2H3,(H,33,34)/t17-/m1/s1. The summed E-state index contributed by atoms with van der Waals surface area (Å²) < 4.78 is 29.5. The van der Waals surface area contributed by atoms with E-state index in [9.17, 15) is 18.7 Å². The number of aromatic carboxylic acids is 1. The molecule has 5 rings (SSSR count).